The summed E-state index contributed by atoms with van der Waals surface area (Å²) in [6, 6.07) is 0. The molecular formula is C15H24O. The summed E-state index contributed by atoms with van der Waals surface area (Å²) >= 11 is 0. The maximum atomic E-state index is 10.4. The van der Waals surface area contributed by atoms with Crippen LogP contribution < -0.4 is 0 Å². The third-order valence-corrected chi connectivity index (χ3v) is 4.98. The third kappa shape index (κ3) is 1.75. The molecule has 1 nitrogen and oxygen atoms in total. The van der Waals surface area contributed by atoms with Crippen molar-refractivity contribution in [3.8, 4) is 0 Å². The molecule has 1 N–H and O–H groups in total. The number of aliphatic hydroxyl groups is 1. The molecule has 0 amide bonds. The van der Waals surface area contributed by atoms with Crippen LogP contribution in [-0.2, 0) is 0 Å². The monoisotopic (exact) mass is 220 g/mol. The largest absolute Gasteiger partial charge is 0.393 e. The molecule has 0 heterocycles. The van der Waals surface area contributed by atoms with Crippen molar-refractivity contribution >= 4 is 0 Å². The summed E-state index contributed by atoms with van der Waals surface area (Å²) in [6.07, 6.45) is 6.57. The van der Waals surface area contributed by atoms with Gasteiger partial charge in [0.1, 0.15) is 0 Å². The highest BCUT2D eigenvalue weighted by Gasteiger charge is 2.47. The first kappa shape index (κ1) is 11.9. The lowest BCUT2D eigenvalue weighted by atomic mass is 9.56. The summed E-state index contributed by atoms with van der Waals surface area (Å²) in [4.78, 5) is 0. The summed E-state index contributed by atoms with van der Waals surface area (Å²) < 4.78 is 0. The van der Waals surface area contributed by atoms with Crippen molar-refractivity contribution in [2.45, 2.75) is 52.6 Å². The molecule has 1 saturated carbocycles. The zero-order chi connectivity index (χ0) is 11.9. The van der Waals surface area contributed by atoms with E-state index in [0.29, 0.717) is 11.8 Å². The molecule has 0 aromatic heterocycles. The Bertz CT molecular complexity index is 328. The van der Waals surface area contributed by atoms with E-state index in [1.165, 1.54) is 17.6 Å². The van der Waals surface area contributed by atoms with Gasteiger partial charge in [-0.25, -0.2) is 0 Å². The molecule has 0 radical (unpaired) electrons. The van der Waals surface area contributed by atoms with E-state index in [-0.39, 0.29) is 11.5 Å². The molecule has 1 heteroatoms. The molecule has 1 fully saturated rings. The van der Waals surface area contributed by atoms with E-state index in [2.05, 4.69) is 33.4 Å². The van der Waals surface area contributed by atoms with E-state index in [0.717, 1.165) is 19.3 Å². The van der Waals surface area contributed by atoms with Gasteiger partial charge < -0.3 is 5.11 Å². The van der Waals surface area contributed by atoms with E-state index < -0.39 is 0 Å². The Hall–Kier alpha value is -0.560. The number of aliphatic hydroxyl groups excluding tert-OH is 1. The first-order valence-corrected chi connectivity index (χ1v) is 6.45. The highest BCUT2D eigenvalue weighted by atomic mass is 16.3. The number of hydrogen-bond acceptors (Lipinski definition) is 1. The fourth-order valence-corrected chi connectivity index (χ4v) is 3.62. The van der Waals surface area contributed by atoms with Gasteiger partial charge in [0.05, 0.1) is 6.10 Å². The van der Waals surface area contributed by atoms with Crippen LogP contribution in [0, 0.1) is 17.3 Å². The van der Waals surface area contributed by atoms with Crippen molar-refractivity contribution in [3.63, 3.8) is 0 Å². The van der Waals surface area contributed by atoms with Crippen LogP contribution in [0.25, 0.3) is 0 Å². The summed E-state index contributed by atoms with van der Waals surface area (Å²) in [5, 5.41) is 10.4. The predicted molar refractivity (Wildman–Crippen MR) is 68.1 cm³/mol. The van der Waals surface area contributed by atoms with E-state index in [1.807, 2.05) is 0 Å². The average Bonchev–Trinajstić information content (AvgIpc) is 2.20. The van der Waals surface area contributed by atoms with Gasteiger partial charge in [-0.2, -0.15) is 0 Å². The van der Waals surface area contributed by atoms with Crippen molar-refractivity contribution in [3.05, 3.63) is 23.8 Å². The second-order valence-electron chi connectivity index (χ2n) is 6.08. The Kier molecular flexibility index (Phi) is 3.00. The molecule has 16 heavy (non-hydrogen) atoms. The number of hydrogen-bond donors (Lipinski definition) is 1. The molecule has 0 aliphatic heterocycles. The van der Waals surface area contributed by atoms with Crippen LogP contribution in [0.15, 0.2) is 23.8 Å². The standard InChI is InChI=1S/C15H24O/c1-10(2)12-8-13-11(3)6-5-7-15(13,4)14(16)9-12/h6,12-14,16H,1,5,7-9H2,2-4H3/t12-,13-,14-,15-/m0/s1. The second-order valence-corrected chi connectivity index (χ2v) is 6.08. The normalized spacial score (nSPS) is 43.5. The van der Waals surface area contributed by atoms with Gasteiger partial charge in [0.2, 0.25) is 0 Å². The Labute approximate surface area is 99.3 Å². The first-order chi connectivity index (χ1) is 7.45. The van der Waals surface area contributed by atoms with Crippen LogP contribution in [0.5, 0.6) is 0 Å². The molecule has 2 aliphatic rings. The van der Waals surface area contributed by atoms with Crippen molar-refractivity contribution in [2.75, 3.05) is 0 Å². The van der Waals surface area contributed by atoms with E-state index in [1.54, 1.807) is 0 Å². The Morgan fingerprint density at radius 3 is 2.81 bits per heavy atom. The van der Waals surface area contributed by atoms with Crippen molar-refractivity contribution in [1.29, 1.82) is 0 Å². The number of allylic oxidation sites excluding steroid dienone is 3. The van der Waals surface area contributed by atoms with Crippen molar-refractivity contribution < 1.29 is 5.11 Å². The van der Waals surface area contributed by atoms with Crippen LogP contribution in [0.2, 0.25) is 0 Å². The maximum Gasteiger partial charge on any atom is 0.0605 e. The third-order valence-electron chi connectivity index (χ3n) is 4.98. The van der Waals surface area contributed by atoms with Crippen molar-refractivity contribution in [1.82, 2.24) is 0 Å². The molecule has 0 aromatic carbocycles. The molecule has 0 bridgehead atoms. The highest BCUT2D eigenvalue weighted by Crippen LogP contribution is 2.52. The summed E-state index contributed by atoms with van der Waals surface area (Å²) in [5.41, 5.74) is 2.84. The van der Waals surface area contributed by atoms with E-state index >= 15 is 0 Å². The SMILES string of the molecule is C=C(C)[C@@H]1C[C@H](O)[C@@]2(C)CCC=C(C)[C@@H]2C1. The molecular weight excluding hydrogens is 196 g/mol. The fourth-order valence-electron chi connectivity index (χ4n) is 3.62. The fraction of sp³-hybridized carbons (Fsp3) is 0.733. The van der Waals surface area contributed by atoms with Crippen molar-refractivity contribution in [2.24, 2.45) is 17.3 Å². The van der Waals surface area contributed by atoms with Gasteiger partial charge in [-0.1, -0.05) is 30.7 Å². The Balaban J connectivity index is 2.28. The average molecular weight is 220 g/mol. The molecule has 0 spiro atoms. The maximum absolute atomic E-state index is 10.4. The lowest BCUT2D eigenvalue weighted by Crippen LogP contribution is -2.47. The van der Waals surface area contributed by atoms with Gasteiger partial charge in [-0.3, -0.25) is 0 Å². The minimum Gasteiger partial charge on any atom is -0.393 e. The summed E-state index contributed by atoms with van der Waals surface area (Å²) in [6.45, 7) is 10.7. The smallest absolute Gasteiger partial charge is 0.0605 e. The lowest BCUT2D eigenvalue weighted by molar-refractivity contribution is -0.0534. The van der Waals surface area contributed by atoms with Crippen LogP contribution in [-0.4, -0.2) is 11.2 Å². The Morgan fingerprint density at radius 2 is 2.19 bits per heavy atom. The number of fused-ring (bicyclic) bond motifs is 1. The predicted octanol–water partition coefficient (Wildman–Crippen LogP) is 3.70. The molecule has 2 aliphatic carbocycles. The van der Waals surface area contributed by atoms with Gasteiger partial charge >= 0.3 is 0 Å². The molecule has 0 saturated heterocycles. The Morgan fingerprint density at radius 1 is 1.50 bits per heavy atom. The quantitative estimate of drug-likeness (QED) is 0.668. The summed E-state index contributed by atoms with van der Waals surface area (Å²) in [5.74, 6) is 1.07. The molecule has 2 rings (SSSR count). The number of rotatable bonds is 1. The molecule has 4 atom stereocenters. The second kappa shape index (κ2) is 4.03. The highest BCUT2D eigenvalue weighted by molar-refractivity contribution is 5.19. The van der Waals surface area contributed by atoms with E-state index in [9.17, 15) is 5.11 Å². The van der Waals surface area contributed by atoms with Crippen LogP contribution in [0.3, 0.4) is 0 Å². The molecule has 0 unspecified atom stereocenters. The summed E-state index contributed by atoms with van der Waals surface area (Å²) in [7, 11) is 0. The molecule has 0 aromatic rings. The van der Waals surface area contributed by atoms with Gasteiger partial charge in [0.25, 0.3) is 0 Å². The van der Waals surface area contributed by atoms with Crippen LogP contribution in [0.1, 0.15) is 46.5 Å². The zero-order valence-electron chi connectivity index (χ0n) is 10.8. The van der Waals surface area contributed by atoms with Gasteiger partial charge in [-0.15, -0.1) is 0 Å². The van der Waals surface area contributed by atoms with Crippen LogP contribution >= 0.6 is 0 Å². The van der Waals surface area contributed by atoms with Gasteiger partial charge in [0.15, 0.2) is 0 Å². The van der Waals surface area contributed by atoms with Gasteiger partial charge in [-0.05, 0) is 51.4 Å². The molecule has 90 valence electrons. The topological polar surface area (TPSA) is 20.2 Å². The minimum atomic E-state index is -0.156. The van der Waals surface area contributed by atoms with E-state index in [4.69, 9.17) is 0 Å². The van der Waals surface area contributed by atoms with Gasteiger partial charge in [0, 0.05) is 5.41 Å². The van der Waals surface area contributed by atoms with Crippen LogP contribution in [0.4, 0.5) is 0 Å². The zero-order valence-corrected chi connectivity index (χ0v) is 10.8. The lowest BCUT2D eigenvalue weighted by Gasteiger charge is -2.50. The minimum absolute atomic E-state index is 0.116. The first-order valence-electron chi connectivity index (χ1n) is 6.45.